The number of nitrogens with two attached hydrogens (primary N) is 1. The molecule has 9 heavy (non-hydrogen) atoms. The predicted molar refractivity (Wildman–Crippen MR) is 25.7 cm³/mol. The predicted octanol–water partition coefficient (Wildman–Crippen LogP) is 0.257. The molecule has 0 aliphatic heterocycles. The van der Waals surface area contributed by atoms with Gasteiger partial charge < -0.3 is 10.8 Å². The molecule has 2 atom stereocenters. The average Bonchev–Trinajstić information content (AvgIpc) is 1.62. The van der Waals surface area contributed by atoms with Crippen molar-refractivity contribution in [2.45, 2.75) is 25.2 Å². The van der Waals surface area contributed by atoms with Crippen LogP contribution < -0.4 is 5.73 Å². The lowest BCUT2D eigenvalue weighted by Gasteiger charge is -2.20. The topological polar surface area (TPSA) is 46.2 Å². The zero-order valence-corrected chi connectivity index (χ0v) is 4.81. The van der Waals surface area contributed by atoms with Crippen molar-refractivity contribution < 1.29 is 18.3 Å². The molecule has 3 N–H and O–H groups in total. The highest BCUT2D eigenvalue weighted by Gasteiger charge is 2.35. The number of hydrogen-bond acceptors (Lipinski definition) is 2. The summed E-state index contributed by atoms with van der Waals surface area (Å²) >= 11 is 0. The van der Waals surface area contributed by atoms with Crippen LogP contribution >= 0.6 is 0 Å². The van der Waals surface area contributed by atoms with Crippen molar-refractivity contribution in [2.24, 2.45) is 5.73 Å². The van der Waals surface area contributed by atoms with Crippen LogP contribution in [0.15, 0.2) is 0 Å². The Hall–Kier alpha value is -0.290. The Morgan fingerprint density at radius 1 is 1.44 bits per heavy atom. The van der Waals surface area contributed by atoms with Crippen LogP contribution in [0.3, 0.4) is 0 Å². The molecule has 2 nitrogen and oxygen atoms in total. The molecule has 0 aromatic rings. The molecule has 0 aliphatic rings. The maximum atomic E-state index is 11.9. The normalized spacial score (nSPS) is 21.7. The molecule has 0 rings (SSSR count). The lowest BCUT2D eigenvalue weighted by atomic mass is 10.2. The SMILES string of the molecule is CC(N)(O)C(F)C(F)F. The number of aliphatic hydroxyl groups is 1. The summed E-state index contributed by atoms with van der Waals surface area (Å²) in [5.41, 5.74) is 2.14. The Morgan fingerprint density at radius 3 is 1.78 bits per heavy atom. The molecule has 0 heterocycles. The summed E-state index contributed by atoms with van der Waals surface area (Å²) in [7, 11) is 0. The van der Waals surface area contributed by atoms with Crippen LogP contribution in [0.1, 0.15) is 6.92 Å². The Morgan fingerprint density at radius 2 is 1.78 bits per heavy atom. The number of halogens is 3. The van der Waals surface area contributed by atoms with Gasteiger partial charge in [0.25, 0.3) is 6.43 Å². The van der Waals surface area contributed by atoms with Crippen molar-refractivity contribution in [3.8, 4) is 0 Å². The molecule has 56 valence electrons. The molecule has 0 amide bonds. The lowest BCUT2D eigenvalue weighted by Crippen LogP contribution is -2.48. The van der Waals surface area contributed by atoms with E-state index in [-0.39, 0.29) is 0 Å². The van der Waals surface area contributed by atoms with Crippen LogP contribution in [-0.2, 0) is 0 Å². The highest BCUT2D eigenvalue weighted by Crippen LogP contribution is 2.14. The van der Waals surface area contributed by atoms with Crippen molar-refractivity contribution in [1.29, 1.82) is 0 Å². The van der Waals surface area contributed by atoms with E-state index >= 15 is 0 Å². The van der Waals surface area contributed by atoms with Gasteiger partial charge in [-0.1, -0.05) is 0 Å². The van der Waals surface area contributed by atoms with Crippen LogP contribution in [0, 0.1) is 0 Å². The van der Waals surface area contributed by atoms with Crippen molar-refractivity contribution in [2.75, 3.05) is 0 Å². The summed E-state index contributed by atoms with van der Waals surface area (Å²) in [6.07, 6.45) is -5.91. The molecule has 0 saturated carbocycles. The monoisotopic (exact) mass is 143 g/mol. The first kappa shape index (κ1) is 8.71. The van der Waals surface area contributed by atoms with E-state index in [9.17, 15) is 13.2 Å². The molecule has 0 saturated heterocycles. The Balaban J connectivity index is 3.88. The molecule has 5 heteroatoms. The first-order valence-corrected chi connectivity index (χ1v) is 2.29. The van der Waals surface area contributed by atoms with Gasteiger partial charge in [-0.15, -0.1) is 0 Å². The third-order valence-electron chi connectivity index (χ3n) is 0.780. The van der Waals surface area contributed by atoms with Gasteiger partial charge in [0.1, 0.15) is 5.72 Å². The molecule has 0 aromatic carbocycles. The fraction of sp³-hybridized carbons (Fsp3) is 1.00. The van der Waals surface area contributed by atoms with Crippen molar-refractivity contribution in [3.05, 3.63) is 0 Å². The second kappa shape index (κ2) is 2.53. The standard InChI is InChI=1S/C4H8F3NO/c1-4(8,9)2(5)3(6)7/h2-3,9H,8H2,1H3. The third-order valence-corrected chi connectivity index (χ3v) is 0.780. The van der Waals surface area contributed by atoms with Gasteiger partial charge in [0.05, 0.1) is 0 Å². The number of alkyl halides is 3. The van der Waals surface area contributed by atoms with Gasteiger partial charge in [0.15, 0.2) is 0 Å². The highest BCUT2D eigenvalue weighted by molar-refractivity contribution is 4.76. The number of rotatable bonds is 2. The minimum Gasteiger partial charge on any atom is -0.373 e. The number of hydrogen-bond donors (Lipinski definition) is 2. The average molecular weight is 143 g/mol. The molecule has 0 aliphatic carbocycles. The summed E-state index contributed by atoms with van der Waals surface area (Å²) in [5, 5.41) is 8.38. The summed E-state index contributed by atoms with van der Waals surface area (Å²) < 4.78 is 34.5. The van der Waals surface area contributed by atoms with Crippen LogP contribution in [0.25, 0.3) is 0 Å². The maximum Gasteiger partial charge on any atom is 0.273 e. The van der Waals surface area contributed by atoms with Crippen molar-refractivity contribution >= 4 is 0 Å². The minimum absolute atomic E-state index is 0.782. The molecule has 0 radical (unpaired) electrons. The maximum absolute atomic E-state index is 11.9. The van der Waals surface area contributed by atoms with Crippen LogP contribution in [0.4, 0.5) is 13.2 Å². The molecular formula is C4H8F3NO. The minimum atomic E-state index is -3.23. The Bertz CT molecular complexity index is 90.3. The van der Waals surface area contributed by atoms with Crippen molar-refractivity contribution in [3.63, 3.8) is 0 Å². The molecule has 0 bridgehead atoms. The van der Waals surface area contributed by atoms with E-state index in [1.54, 1.807) is 0 Å². The molecular weight excluding hydrogens is 135 g/mol. The first-order chi connectivity index (χ1) is 3.85. The Kier molecular flexibility index (Phi) is 2.45. The fourth-order valence-corrected chi connectivity index (χ4v) is 0.255. The third kappa shape index (κ3) is 2.67. The van der Waals surface area contributed by atoms with Gasteiger partial charge >= 0.3 is 0 Å². The van der Waals surface area contributed by atoms with Gasteiger partial charge in [-0.3, -0.25) is 0 Å². The van der Waals surface area contributed by atoms with E-state index in [4.69, 9.17) is 5.11 Å². The van der Waals surface area contributed by atoms with Crippen molar-refractivity contribution in [1.82, 2.24) is 0 Å². The van der Waals surface area contributed by atoms with E-state index in [2.05, 4.69) is 5.73 Å². The quantitative estimate of drug-likeness (QED) is 0.544. The molecule has 2 unspecified atom stereocenters. The van der Waals surface area contributed by atoms with Gasteiger partial charge in [-0.05, 0) is 6.92 Å². The molecule has 0 spiro atoms. The summed E-state index contributed by atoms with van der Waals surface area (Å²) in [4.78, 5) is 0. The zero-order chi connectivity index (χ0) is 7.65. The smallest absolute Gasteiger partial charge is 0.273 e. The van der Waals surface area contributed by atoms with Gasteiger partial charge in [-0.2, -0.15) is 0 Å². The van der Waals surface area contributed by atoms with Gasteiger partial charge in [0, 0.05) is 0 Å². The lowest BCUT2D eigenvalue weighted by molar-refractivity contribution is -0.0846. The fourth-order valence-electron chi connectivity index (χ4n) is 0.255. The zero-order valence-electron chi connectivity index (χ0n) is 4.81. The molecule has 0 aromatic heterocycles. The first-order valence-electron chi connectivity index (χ1n) is 2.29. The summed E-state index contributed by atoms with van der Waals surface area (Å²) in [6.45, 7) is 0.782. The van der Waals surface area contributed by atoms with E-state index in [0.29, 0.717) is 0 Å². The molecule has 0 fully saturated rings. The van der Waals surface area contributed by atoms with Crippen LogP contribution in [-0.4, -0.2) is 23.4 Å². The van der Waals surface area contributed by atoms with E-state index in [0.717, 1.165) is 6.92 Å². The largest absolute Gasteiger partial charge is 0.373 e. The second-order valence-electron chi connectivity index (χ2n) is 1.96. The van der Waals surface area contributed by atoms with Gasteiger partial charge in [0.2, 0.25) is 6.17 Å². The summed E-state index contributed by atoms with van der Waals surface area (Å²) in [6, 6.07) is 0. The highest BCUT2D eigenvalue weighted by atomic mass is 19.3. The summed E-state index contributed by atoms with van der Waals surface area (Å²) in [5.74, 6) is 0. The van der Waals surface area contributed by atoms with Crippen LogP contribution in [0.2, 0.25) is 0 Å². The van der Waals surface area contributed by atoms with Gasteiger partial charge in [-0.25, -0.2) is 13.2 Å². The van der Waals surface area contributed by atoms with E-state index in [1.807, 2.05) is 0 Å². The van der Waals surface area contributed by atoms with E-state index in [1.165, 1.54) is 0 Å². The second-order valence-corrected chi connectivity index (χ2v) is 1.96. The van der Waals surface area contributed by atoms with E-state index < -0.39 is 18.3 Å². The Labute approximate surface area is 50.5 Å². The van der Waals surface area contributed by atoms with Crippen LogP contribution in [0.5, 0.6) is 0 Å².